The molecule has 0 saturated carbocycles. The number of hydrogen-bond donors (Lipinski definition) is 0. The molecule has 116 valence electrons. The molecule has 1 aromatic rings. The van der Waals surface area contributed by atoms with Gasteiger partial charge in [-0.3, -0.25) is 0 Å². The molecule has 0 aromatic carbocycles. The molecule has 1 heterocycles. The zero-order valence-electron chi connectivity index (χ0n) is 10.1. The summed E-state index contributed by atoms with van der Waals surface area (Å²) in [7, 11) is 0. The lowest BCUT2D eigenvalue weighted by Crippen LogP contribution is -2.45. The number of hydrogen-bond acceptors (Lipinski definition) is 3. The van der Waals surface area contributed by atoms with Crippen molar-refractivity contribution in [2.75, 3.05) is 0 Å². The van der Waals surface area contributed by atoms with Gasteiger partial charge in [0.1, 0.15) is 11.1 Å². The molecule has 10 heteroatoms. The van der Waals surface area contributed by atoms with Crippen LogP contribution in [0.4, 0.5) is 26.3 Å². The molecular weight excluding hydrogens is 332 g/mol. The van der Waals surface area contributed by atoms with Gasteiger partial charge in [-0.05, 0) is 6.42 Å². The van der Waals surface area contributed by atoms with E-state index >= 15 is 0 Å². The largest absolute Gasteiger partial charge is 0.423 e. The minimum Gasteiger partial charge on any atom is -0.350 e. The van der Waals surface area contributed by atoms with E-state index in [-0.39, 0.29) is 17.3 Å². The minimum atomic E-state index is -5.53. The molecule has 0 aliphatic carbocycles. The van der Waals surface area contributed by atoms with Crippen LogP contribution in [0.25, 0.3) is 0 Å². The Morgan fingerprint density at radius 3 is 2.15 bits per heavy atom. The first-order chi connectivity index (χ1) is 9.09. The van der Waals surface area contributed by atoms with Gasteiger partial charge in [0, 0.05) is 5.38 Å². The molecule has 2 nitrogen and oxygen atoms in total. The highest BCUT2D eigenvalue weighted by Crippen LogP contribution is 2.39. The van der Waals surface area contributed by atoms with E-state index in [1.165, 1.54) is 12.3 Å². The third kappa shape index (κ3) is 4.49. The van der Waals surface area contributed by atoms with Crippen LogP contribution >= 0.6 is 22.9 Å². The van der Waals surface area contributed by atoms with Crippen molar-refractivity contribution in [3.05, 3.63) is 16.1 Å². The second kappa shape index (κ2) is 6.48. The highest BCUT2D eigenvalue weighted by molar-refractivity contribution is 7.09. The summed E-state index contributed by atoms with van der Waals surface area (Å²) in [6.07, 6.45) is -16.3. The molecule has 0 amide bonds. The maximum absolute atomic E-state index is 12.4. The van der Waals surface area contributed by atoms with E-state index in [0.29, 0.717) is 5.69 Å². The van der Waals surface area contributed by atoms with Crippen molar-refractivity contribution in [2.45, 2.75) is 43.8 Å². The number of alkyl halides is 7. The molecule has 0 fully saturated rings. The van der Waals surface area contributed by atoms with Gasteiger partial charge in [-0.25, -0.2) is 4.98 Å². The molecule has 1 aromatic heterocycles. The number of rotatable bonds is 5. The first-order valence-electron chi connectivity index (χ1n) is 5.38. The summed E-state index contributed by atoms with van der Waals surface area (Å²) in [4.78, 5) is 3.84. The van der Waals surface area contributed by atoms with Gasteiger partial charge in [0.15, 0.2) is 0 Å². The van der Waals surface area contributed by atoms with Gasteiger partial charge in [-0.2, -0.15) is 26.3 Å². The molecular formula is C10H10ClF6NOS. The quantitative estimate of drug-likeness (QED) is 0.564. The molecule has 1 atom stereocenters. The van der Waals surface area contributed by atoms with Gasteiger partial charge < -0.3 is 4.74 Å². The summed E-state index contributed by atoms with van der Waals surface area (Å²) in [5.41, 5.74) is 0.379. The average Bonchev–Trinajstić information content (AvgIpc) is 2.75. The Morgan fingerprint density at radius 2 is 1.80 bits per heavy atom. The van der Waals surface area contributed by atoms with Crippen LogP contribution in [0.15, 0.2) is 5.38 Å². The number of aromatic nitrogens is 1. The lowest BCUT2D eigenvalue weighted by Gasteiger charge is -2.26. The first-order valence-corrected chi connectivity index (χ1v) is 6.80. The van der Waals surface area contributed by atoms with Gasteiger partial charge in [-0.15, -0.1) is 22.9 Å². The minimum absolute atomic E-state index is 0.0227. The third-order valence-electron chi connectivity index (χ3n) is 2.25. The molecule has 0 bridgehead atoms. The normalized spacial score (nSPS) is 14.8. The zero-order chi connectivity index (χ0) is 15.6. The smallest absolute Gasteiger partial charge is 0.350 e. The van der Waals surface area contributed by atoms with Crippen molar-refractivity contribution in [3.63, 3.8) is 0 Å². The maximum Gasteiger partial charge on any atom is 0.423 e. The highest BCUT2D eigenvalue weighted by Gasteiger charge is 2.58. The number of nitrogens with zero attached hydrogens (tertiary/aromatic N) is 1. The van der Waals surface area contributed by atoms with Gasteiger partial charge in [-0.1, -0.05) is 6.92 Å². The van der Waals surface area contributed by atoms with E-state index in [4.69, 9.17) is 11.6 Å². The van der Waals surface area contributed by atoms with Crippen LogP contribution in [0.3, 0.4) is 0 Å². The van der Waals surface area contributed by atoms with Crippen LogP contribution in [-0.2, 0) is 10.6 Å². The predicted molar refractivity (Wildman–Crippen MR) is 61.7 cm³/mol. The molecule has 0 aliphatic heterocycles. The van der Waals surface area contributed by atoms with Crippen LogP contribution in [0.2, 0.25) is 0 Å². The fourth-order valence-electron chi connectivity index (χ4n) is 1.37. The van der Waals surface area contributed by atoms with Crippen LogP contribution in [0, 0.1) is 0 Å². The fraction of sp³-hybridized carbons (Fsp3) is 0.700. The fourth-order valence-corrected chi connectivity index (χ4v) is 2.53. The van der Waals surface area contributed by atoms with Crippen LogP contribution in [-0.4, -0.2) is 23.4 Å². The van der Waals surface area contributed by atoms with Crippen molar-refractivity contribution in [1.29, 1.82) is 0 Å². The summed E-state index contributed by atoms with van der Waals surface area (Å²) in [6.45, 7) is 1.41. The number of halogens is 7. The zero-order valence-corrected chi connectivity index (χ0v) is 11.6. The maximum atomic E-state index is 12.4. The van der Waals surface area contributed by atoms with E-state index < -0.39 is 24.6 Å². The van der Waals surface area contributed by atoms with Gasteiger partial charge in [0.05, 0.1) is 11.6 Å². The number of thiazole rings is 1. The van der Waals surface area contributed by atoms with Crippen molar-refractivity contribution < 1.29 is 31.1 Å². The molecule has 0 N–H and O–H groups in total. The lowest BCUT2D eigenvalue weighted by molar-refractivity contribution is -0.332. The Hall–Kier alpha value is -0.540. The predicted octanol–water partition coefficient (Wildman–Crippen LogP) is 4.84. The molecule has 0 saturated heterocycles. The van der Waals surface area contributed by atoms with Gasteiger partial charge in [0.2, 0.25) is 6.10 Å². The summed E-state index contributed by atoms with van der Waals surface area (Å²) in [5.74, 6) is 0.0227. The van der Waals surface area contributed by atoms with Crippen molar-refractivity contribution in [2.24, 2.45) is 0 Å². The van der Waals surface area contributed by atoms with Gasteiger partial charge in [0.25, 0.3) is 0 Å². The molecule has 0 radical (unpaired) electrons. The summed E-state index contributed by atoms with van der Waals surface area (Å²) < 4.78 is 78.7. The average molecular weight is 342 g/mol. The molecule has 1 rings (SSSR count). The summed E-state index contributed by atoms with van der Waals surface area (Å²) >= 11 is 6.40. The van der Waals surface area contributed by atoms with Crippen molar-refractivity contribution in [3.8, 4) is 0 Å². The first kappa shape index (κ1) is 17.5. The van der Waals surface area contributed by atoms with E-state index in [1.807, 2.05) is 0 Å². The lowest BCUT2D eigenvalue weighted by atomic mass is 10.2. The van der Waals surface area contributed by atoms with E-state index in [9.17, 15) is 26.3 Å². The van der Waals surface area contributed by atoms with E-state index in [2.05, 4.69) is 9.72 Å². The van der Waals surface area contributed by atoms with Crippen molar-refractivity contribution >= 4 is 22.9 Å². The molecule has 0 aliphatic rings. The molecule has 0 spiro atoms. The Morgan fingerprint density at radius 1 is 1.25 bits per heavy atom. The van der Waals surface area contributed by atoms with Gasteiger partial charge >= 0.3 is 12.4 Å². The Balaban J connectivity index is 2.95. The summed E-state index contributed by atoms with van der Waals surface area (Å²) in [5, 5.41) is 1.51. The van der Waals surface area contributed by atoms with Crippen LogP contribution in [0.1, 0.15) is 30.2 Å². The van der Waals surface area contributed by atoms with E-state index in [1.54, 1.807) is 0 Å². The molecule has 20 heavy (non-hydrogen) atoms. The third-order valence-corrected chi connectivity index (χ3v) is 3.51. The standard InChI is InChI=1S/C10H10ClF6NOS/c1-2-6(7-18-5(3-11)4-20-7)19-8(9(12,13)14)10(15,16)17/h4,6,8H,2-3H2,1H3. The SMILES string of the molecule is CCC(OC(C(F)(F)F)C(F)(F)F)c1nc(CCl)cs1. The number of ether oxygens (including phenoxy) is 1. The Bertz CT molecular complexity index is 418. The van der Waals surface area contributed by atoms with Crippen LogP contribution in [0.5, 0.6) is 0 Å². The topological polar surface area (TPSA) is 22.1 Å². The molecule has 1 unspecified atom stereocenters. The van der Waals surface area contributed by atoms with Crippen LogP contribution < -0.4 is 0 Å². The van der Waals surface area contributed by atoms with E-state index in [0.717, 1.165) is 11.3 Å². The van der Waals surface area contributed by atoms with Crippen molar-refractivity contribution in [1.82, 2.24) is 4.98 Å². The summed E-state index contributed by atoms with van der Waals surface area (Å²) in [6, 6.07) is 0. The second-order valence-electron chi connectivity index (χ2n) is 3.81. The Kier molecular flexibility index (Phi) is 5.68. The Labute approximate surface area is 119 Å². The monoisotopic (exact) mass is 341 g/mol. The highest BCUT2D eigenvalue weighted by atomic mass is 35.5. The second-order valence-corrected chi connectivity index (χ2v) is 4.96.